The molecule has 0 unspecified atom stereocenters. The third-order valence-electron chi connectivity index (χ3n) is 4.33. The van der Waals surface area contributed by atoms with E-state index in [4.69, 9.17) is 0 Å². The van der Waals surface area contributed by atoms with Gasteiger partial charge >= 0.3 is 6.18 Å². The van der Waals surface area contributed by atoms with E-state index in [9.17, 15) is 13.2 Å². The summed E-state index contributed by atoms with van der Waals surface area (Å²) in [5.41, 5.74) is 2.48. The molecule has 0 bridgehead atoms. The van der Waals surface area contributed by atoms with Gasteiger partial charge in [-0.25, -0.2) is 0 Å². The molecule has 0 aliphatic rings. The maximum Gasteiger partial charge on any atom is 0.417 e. The lowest BCUT2D eigenvalue weighted by molar-refractivity contribution is -0.137. The molecule has 0 saturated heterocycles. The molecule has 2 heterocycles. The summed E-state index contributed by atoms with van der Waals surface area (Å²) in [6, 6.07) is 3.29. The van der Waals surface area contributed by atoms with Crippen LogP contribution in [-0.4, -0.2) is 9.97 Å². The van der Waals surface area contributed by atoms with Crippen molar-refractivity contribution in [3.05, 3.63) is 58.7 Å². The molecule has 24 heavy (non-hydrogen) atoms. The summed E-state index contributed by atoms with van der Waals surface area (Å²) in [6.07, 6.45) is 0.396. The van der Waals surface area contributed by atoms with Crippen molar-refractivity contribution in [2.24, 2.45) is 0 Å². The van der Waals surface area contributed by atoms with Gasteiger partial charge in [0.05, 0.1) is 5.56 Å². The zero-order chi connectivity index (χ0) is 18.1. The summed E-state index contributed by atoms with van der Waals surface area (Å²) in [4.78, 5) is 8.32. The quantitative estimate of drug-likeness (QED) is 0.742. The molecule has 0 atom stereocenters. The third-order valence-corrected chi connectivity index (χ3v) is 4.33. The van der Waals surface area contributed by atoms with Crippen molar-refractivity contribution >= 4 is 0 Å². The highest BCUT2D eigenvalue weighted by Crippen LogP contribution is 2.33. The normalized spacial score (nSPS) is 12.7. The van der Waals surface area contributed by atoms with E-state index in [0.717, 1.165) is 23.0 Å². The van der Waals surface area contributed by atoms with Gasteiger partial charge in [0.15, 0.2) is 0 Å². The van der Waals surface area contributed by atoms with Gasteiger partial charge in [0.25, 0.3) is 0 Å². The van der Waals surface area contributed by atoms with Crippen molar-refractivity contribution in [2.45, 2.75) is 58.5 Å². The molecule has 0 amide bonds. The minimum atomic E-state index is -4.38. The number of pyridine rings is 2. The highest BCUT2D eigenvalue weighted by Gasteiger charge is 2.33. The Labute approximate surface area is 141 Å². The van der Waals surface area contributed by atoms with Crippen LogP contribution < -0.4 is 0 Å². The van der Waals surface area contributed by atoms with Crippen molar-refractivity contribution in [3.8, 4) is 0 Å². The maximum atomic E-state index is 12.9. The molecule has 0 aromatic carbocycles. The second kappa shape index (κ2) is 6.54. The maximum absolute atomic E-state index is 12.9. The first-order chi connectivity index (χ1) is 11.0. The monoisotopic (exact) mass is 336 g/mol. The molecule has 0 aliphatic carbocycles. The molecule has 0 saturated carbocycles. The van der Waals surface area contributed by atoms with E-state index < -0.39 is 17.2 Å². The van der Waals surface area contributed by atoms with Gasteiger partial charge in [-0.1, -0.05) is 33.8 Å². The standard InChI is InChI=1S/C19H23F3N2/c1-12(2)14-6-13(3)17(24-9-14)8-18(4,5)15-7-16(11-23-10-15)19(20,21)22/h6-7,9-12H,8H2,1-5H3. The average Bonchev–Trinajstić information content (AvgIpc) is 2.48. The zero-order valence-corrected chi connectivity index (χ0v) is 14.7. The SMILES string of the molecule is Cc1cc(C(C)C)cnc1CC(C)(C)c1cncc(C(F)(F)F)c1. The minimum absolute atomic E-state index is 0.394. The second-order valence-corrected chi connectivity index (χ2v) is 7.21. The average molecular weight is 336 g/mol. The minimum Gasteiger partial charge on any atom is -0.264 e. The number of hydrogen-bond acceptors (Lipinski definition) is 2. The zero-order valence-electron chi connectivity index (χ0n) is 14.7. The van der Waals surface area contributed by atoms with Crippen molar-refractivity contribution in [3.63, 3.8) is 0 Å². The molecular weight excluding hydrogens is 313 g/mol. The lowest BCUT2D eigenvalue weighted by Crippen LogP contribution is -2.23. The molecule has 0 radical (unpaired) electrons. The third kappa shape index (κ3) is 4.13. The number of hydrogen-bond donors (Lipinski definition) is 0. The van der Waals surface area contributed by atoms with Gasteiger partial charge in [-0.15, -0.1) is 0 Å². The highest BCUT2D eigenvalue weighted by atomic mass is 19.4. The highest BCUT2D eigenvalue weighted by molar-refractivity contribution is 5.32. The summed E-state index contributed by atoms with van der Waals surface area (Å²) in [5.74, 6) is 0.394. The summed E-state index contributed by atoms with van der Waals surface area (Å²) in [7, 11) is 0. The lowest BCUT2D eigenvalue weighted by Gasteiger charge is -2.26. The van der Waals surface area contributed by atoms with E-state index in [0.29, 0.717) is 17.9 Å². The van der Waals surface area contributed by atoms with Gasteiger partial charge in [0, 0.05) is 24.3 Å². The van der Waals surface area contributed by atoms with E-state index >= 15 is 0 Å². The van der Waals surface area contributed by atoms with Crippen LogP contribution in [0.5, 0.6) is 0 Å². The summed E-state index contributed by atoms with van der Waals surface area (Å²) in [5, 5.41) is 0. The number of halogens is 3. The van der Waals surface area contributed by atoms with Crippen molar-refractivity contribution in [2.75, 3.05) is 0 Å². The Bertz CT molecular complexity index is 719. The first-order valence-corrected chi connectivity index (χ1v) is 7.99. The summed E-state index contributed by atoms with van der Waals surface area (Å²) in [6.45, 7) is 10.0. The van der Waals surface area contributed by atoms with Crippen molar-refractivity contribution in [1.29, 1.82) is 0 Å². The number of aryl methyl sites for hydroxylation is 1. The fraction of sp³-hybridized carbons (Fsp3) is 0.474. The number of aromatic nitrogens is 2. The molecular formula is C19H23F3N2. The van der Waals surface area contributed by atoms with E-state index in [1.165, 1.54) is 12.3 Å². The van der Waals surface area contributed by atoms with Crippen LogP contribution in [-0.2, 0) is 18.0 Å². The van der Waals surface area contributed by atoms with Gasteiger partial charge in [-0.2, -0.15) is 13.2 Å². The number of rotatable bonds is 4. The molecule has 2 rings (SSSR count). The lowest BCUT2D eigenvalue weighted by atomic mass is 9.80. The molecule has 2 aromatic rings. The van der Waals surface area contributed by atoms with Gasteiger partial charge < -0.3 is 0 Å². The van der Waals surface area contributed by atoms with Crippen LogP contribution >= 0.6 is 0 Å². The van der Waals surface area contributed by atoms with Crippen LogP contribution in [0.15, 0.2) is 30.7 Å². The molecule has 0 aliphatic heterocycles. The largest absolute Gasteiger partial charge is 0.417 e. The van der Waals surface area contributed by atoms with Crippen molar-refractivity contribution < 1.29 is 13.2 Å². The Hall–Kier alpha value is -1.91. The second-order valence-electron chi connectivity index (χ2n) is 7.21. The summed E-state index contributed by atoms with van der Waals surface area (Å²) < 4.78 is 38.7. The van der Waals surface area contributed by atoms with E-state index in [1.807, 2.05) is 27.0 Å². The number of alkyl halides is 3. The van der Waals surface area contributed by atoms with Crippen LogP contribution in [0.4, 0.5) is 13.2 Å². The Balaban J connectivity index is 2.32. The van der Waals surface area contributed by atoms with Crippen LogP contribution in [0.25, 0.3) is 0 Å². The van der Waals surface area contributed by atoms with Crippen LogP contribution in [0.3, 0.4) is 0 Å². The molecule has 0 fully saturated rings. The fourth-order valence-corrected chi connectivity index (χ4v) is 2.61. The summed E-state index contributed by atoms with van der Waals surface area (Å²) >= 11 is 0. The van der Waals surface area contributed by atoms with Crippen LogP contribution in [0, 0.1) is 6.92 Å². The fourth-order valence-electron chi connectivity index (χ4n) is 2.61. The van der Waals surface area contributed by atoms with Gasteiger partial charge in [0.2, 0.25) is 0 Å². The molecule has 130 valence electrons. The molecule has 0 spiro atoms. The van der Waals surface area contributed by atoms with Crippen LogP contribution in [0.2, 0.25) is 0 Å². The van der Waals surface area contributed by atoms with Crippen LogP contribution in [0.1, 0.15) is 61.6 Å². The predicted molar refractivity (Wildman–Crippen MR) is 89.0 cm³/mol. The van der Waals surface area contributed by atoms with Crippen molar-refractivity contribution in [1.82, 2.24) is 9.97 Å². The molecule has 5 heteroatoms. The van der Waals surface area contributed by atoms with Gasteiger partial charge in [0.1, 0.15) is 0 Å². The molecule has 2 nitrogen and oxygen atoms in total. The first kappa shape index (κ1) is 18.4. The van der Waals surface area contributed by atoms with Gasteiger partial charge in [-0.05, 0) is 47.4 Å². The Morgan fingerprint density at radius 3 is 2.17 bits per heavy atom. The van der Waals surface area contributed by atoms with E-state index in [1.54, 1.807) is 0 Å². The Morgan fingerprint density at radius 2 is 1.62 bits per heavy atom. The smallest absolute Gasteiger partial charge is 0.264 e. The Kier molecular flexibility index (Phi) is 5.02. The topological polar surface area (TPSA) is 25.8 Å². The van der Waals surface area contributed by atoms with Gasteiger partial charge in [-0.3, -0.25) is 9.97 Å². The Morgan fingerprint density at radius 1 is 1.00 bits per heavy atom. The van der Waals surface area contributed by atoms with E-state index in [2.05, 4.69) is 29.9 Å². The number of nitrogens with zero attached hydrogens (tertiary/aromatic N) is 2. The molecule has 2 aromatic heterocycles. The predicted octanol–water partition coefficient (Wildman–Crippen LogP) is 5.45. The molecule has 0 N–H and O–H groups in total. The first-order valence-electron chi connectivity index (χ1n) is 7.99. The van der Waals surface area contributed by atoms with E-state index in [-0.39, 0.29) is 0 Å².